The van der Waals surface area contributed by atoms with Gasteiger partial charge in [-0.1, -0.05) is 0 Å². The Morgan fingerprint density at radius 1 is 0.241 bits per heavy atom. The summed E-state index contributed by atoms with van der Waals surface area (Å²) < 4.78 is 0. The standard InChI is InChI=1S/4C6H8O7.2Mg.4H/c4*7-3(8)1-6(13,5(11)12)2-4(9)10;;;;;;/h4*13H,1-2H2,(H,7,8)(H,9,10)(H,11,12);;;;;;. The number of carboxylic acids is 12. The highest BCUT2D eigenvalue weighted by molar-refractivity contribution is 5.90. The lowest BCUT2D eigenvalue weighted by atomic mass is 9.96. The third kappa shape index (κ3) is 28.6. The van der Waals surface area contributed by atoms with Crippen molar-refractivity contribution in [3.05, 3.63) is 0 Å². The first-order chi connectivity index (χ1) is 23.1. The summed E-state index contributed by atoms with van der Waals surface area (Å²) in [5.41, 5.74) is -11.0. The Bertz CT molecular complexity index is 1130. The van der Waals surface area contributed by atoms with Crippen LogP contribution >= 0.6 is 0 Å². The largest absolute Gasteiger partial charge is 0.481 e. The van der Waals surface area contributed by atoms with Crippen molar-refractivity contribution in [1.82, 2.24) is 0 Å². The SMILES string of the molecule is O=C(O)CC(O)(CC(=O)O)C(=O)O.O=C(O)CC(O)(CC(=O)O)C(=O)O.O=C(O)CC(O)(CC(=O)O)C(=O)O.O=C(O)CC(O)(CC(=O)O)C(=O)O.[MgH2].[MgH2]. The molecule has 16 N–H and O–H groups in total. The number of carbonyl (C=O) groups is 12. The van der Waals surface area contributed by atoms with Gasteiger partial charge < -0.3 is 81.7 Å². The van der Waals surface area contributed by atoms with Gasteiger partial charge in [0.05, 0.1) is 51.4 Å². The lowest BCUT2D eigenvalue weighted by molar-refractivity contribution is -0.170. The lowest BCUT2D eigenvalue weighted by Crippen LogP contribution is -2.42. The van der Waals surface area contributed by atoms with Gasteiger partial charge in [-0.3, -0.25) is 38.4 Å². The molecule has 0 aliphatic carbocycles. The van der Waals surface area contributed by atoms with Gasteiger partial charge in [-0.05, 0) is 0 Å². The van der Waals surface area contributed by atoms with Crippen LogP contribution in [0.4, 0.5) is 0 Å². The Morgan fingerprint density at radius 2 is 0.315 bits per heavy atom. The molecule has 54 heavy (non-hydrogen) atoms. The Labute approximate surface area is 329 Å². The van der Waals surface area contributed by atoms with Crippen LogP contribution in [0.25, 0.3) is 0 Å². The molecule has 0 aromatic carbocycles. The summed E-state index contributed by atoms with van der Waals surface area (Å²) in [5, 5.41) is 135. The Hall–Kier alpha value is -4.99. The molecule has 0 unspecified atom stereocenters. The van der Waals surface area contributed by atoms with Gasteiger partial charge in [-0.2, -0.15) is 0 Å². The minimum atomic E-state index is -2.74. The van der Waals surface area contributed by atoms with E-state index in [0.717, 1.165) is 0 Å². The van der Waals surface area contributed by atoms with Crippen molar-refractivity contribution in [2.75, 3.05) is 0 Å². The van der Waals surface area contributed by atoms with Crippen LogP contribution in [0.1, 0.15) is 51.4 Å². The minimum Gasteiger partial charge on any atom is -0.481 e. The molecule has 0 atom stereocenters. The second-order valence-electron chi connectivity index (χ2n) is 9.91. The van der Waals surface area contributed by atoms with Crippen LogP contribution in [-0.4, -0.2) is 222 Å². The summed E-state index contributed by atoms with van der Waals surface area (Å²) in [6, 6.07) is 0. The van der Waals surface area contributed by atoms with Crippen molar-refractivity contribution in [1.29, 1.82) is 0 Å². The summed E-state index contributed by atoms with van der Waals surface area (Å²) in [5.74, 6) is -20.1. The quantitative estimate of drug-likeness (QED) is 0.0507. The summed E-state index contributed by atoms with van der Waals surface area (Å²) in [7, 11) is 0. The van der Waals surface area contributed by atoms with Crippen molar-refractivity contribution in [3.63, 3.8) is 0 Å². The predicted molar refractivity (Wildman–Crippen MR) is 165 cm³/mol. The molecule has 0 aliphatic rings. The number of hydrogen-bond acceptors (Lipinski definition) is 16. The third-order valence-electron chi connectivity index (χ3n) is 5.14. The Kier molecular flexibility index (Phi) is 30.2. The highest BCUT2D eigenvalue weighted by Crippen LogP contribution is 2.18. The third-order valence-corrected chi connectivity index (χ3v) is 5.14. The Balaban J connectivity index is -0.000000140. The van der Waals surface area contributed by atoms with Gasteiger partial charge in [0.15, 0.2) is 22.4 Å². The molecule has 0 bridgehead atoms. The van der Waals surface area contributed by atoms with Crippen LogP contribution in [0, 0.1) is 0 Å². The average Bonchev–Trinajstić information content (AvgIpc) is 2.85. The highest BCUT2D eigenvalue weighted by atomic mass is 24.3. The lowest BCUT2D eigenvalue weighted by Gasteiger charge is -2.18. The first kappa shape index (κ1) is 61.1. The van der Waals surface area contributed by atoms with Crippen molar-refractivity contribution >= 4 is 118 Å². The number of aliphatic carboxylic acids is 12. The molecular formula is C24H36Mg2O28. The second-order valence-corrected chi connectivity index (χ2v) is 9.91. The fourth-order valence-electron chi connectivity index (χ4n) is 2.86. The fourth-order valence-corrected chi connectivity index (χ4v) is 2.86. The zero-order chi connectivity index (χ0) is 42.6. The maximum atomic E-state index is 10.3. The molecule has 0 amide bonds. The van der Waals surface area contributed by atoms with Gasteiger partial charge in [0.25, 0.3) is 0 Å². The zero-order valence-corrected chi connectivity index (χ0v) is 25.7. The molecular weight excluding hydrogens is 785 g/mol. The van der Waals surface area contributed by atoms with Crippen molar-refractivity contribution in [2.45, 2.75) is 73.8 Å². The number of rotatable bonds is 20. The molecule has 0 fully saturated rings. The van der Waals surface area contributed by atoms with E-state index in [0.29, 0.717) is 0 Å². The van der Waals surface area contributed by atoms with E-state index in [1.807, 2.05) is 0 Å². The van der Waals surface area contributed by atoms with Crippen molar-refractivity contribution in [3.8, 4) is 0 Å². The van der Waals surface area contributed by atoms with Crippen molar-refractivity contribution < 1.29 is 139 Å². The molecule has 30 heteroatoms. The van der Waals surface area contributed by atoms with E-state index in [2.05, 4.69) is 0 Å². The summed E-state index contributed by atoms with van der Waals surface area (Å²) in [4.78, 5) is 122. The van der Waals surface area contributed by atoms with Gasteiger partial charge in [-0.25, -0.2) is 19.2 Å². The first-order valence-corrected chi connectivity index (χ1v) is 12.7. The molecule has 0 aromatic heterocycles. The molecule has 0 rings (SSSR count). The van der Waals surface area contributed by atoms with E-state index in [1.54, 1.807) is 0 Å². The molecule has 0 aromatic rings. The van der Waals surface area contributed by atoms with Gasteiger partial charge in [0, 0.05) is 0 Å². The average molecular weight is 821 g/mol. The molecule has 28 nitrogen and oxygen atoms in total. The van der Waals surface area contributed by atoms with Crippen LogP contribution in [0.5, 0.6) is 0 Å². The van der Waals surface area contributed by atoms with Crippen molar-refractivity contribution in [2.24, 2.45) is 0 Å². The molecule has 304 valence electrons. The van der Waals surface area contributed by atoms with Crippen LogP contribution < -0.4 is 0 Å². The first-order valence-electron chi connectivity index (χ1n) is 12.7. The van der Waals surface area contributed by atoms with Gasteiger partial charge >= 0.3 is 118 Å². The van der Waals surface area contributed by atoms with E-state index in [-0.39, 0.29) is 46.1 Å². The van der Waals surface area contributed by atoms with Crippen LogP contribution in [0.2, 0.25) is 0 Å². The molecule has 0 spiro atoms. The van der Waals surface area contributed by atoms with E-state index in [1.165, 1.54) is 0 Å². The van der Waals surface area contributed by atoms with E-state index in [9.17, 15) is 57.5 Å². The molecule has 0 saturated heterocycles. The maximum absolute atomic E-state index is 10.3. The summed E-state index contributed by atoms with van der Waals surface area (Å²) >= 11 is 0. The fraction of sp³-hybridized carbons (Fsp3) is 0.500. The Morgan fingerprint density at radius 3 is 0.352 bits per heavy atom. The highest BCUT2D eigenvalue weighted by Gasteiger charge is 2.43. The topological polar surface area (TPSA) is 529 Å². The molecule has 0 radical (unpaired) electrons. The van der Waals surface area contributed by atoms with Crippen LogP contribution in [0.15, 0.2) is 0 Å². The normalized spacial score (nSPS) is 10.4. The smallest absolute Gasteiger partial charge is 0.336 e. The molecule has 0 saturated carbocycles. The molecule has 0 aliphatic heterocycles. The minimum absolute atomic E-state index is 0. The molecule has 0 heterocycles. The van der Waals surface area contributed by atoms with E-state index >= 15 is 0 Å². The number of aliphatic hydroxyl groups is 4. The predicted octanol–water partition coefficient (Wildman–Crippen LogP) is -6.83. The number of hydrogen-bond donors (Lipinski definition) is 16. The van der Waals surface area contributed by atoms with Gasteiger partial charge in [0.2, 0.25) is 0 Å². The van der Waals surface area contributed by atoms with Crippen LogP contribution in [0.3, 0.4) is 0 Å². The maximum Gasteiger partial charge on any atom is 0.336 e. The zero-order valence-electron chi connectivity index (χ0n) is 25.7. The van der Waals surface area contributed by atoms with Crippen LogP contribution in [-0.2, 0) is 57.5 Å². The second kappa shape index (κ2) is 26.7. The van der Waals surface area contributed by atoms with Gasteiger partial charge in [-0.15, -0.1) is 0 Å². The van der Waals surface area contributed by atoms with E-state index < -0.39 is 145 Å². The monoisotopic (exact) mass is 820 g/mol. The summed E-state index contributed by atoms with van der Waals surface area (Å²) in [6.07, 6.45) is -9.15. The summed E-state index contributed by atoms with van der Waals surface area (Å²) in [6.45, 7) is 0. The van der Waals surface area contributed by atoms with Gasteiger partial charge in [0.1, 0.15) is 0 Å². The van der Waals surface area contributed by atoms with E-state index in [4.69, 9.17) is 81.7 Å². The number of carboxylic acid groups (broad SMARTS) is 12.